The number of hydrazine groups is 1. The quantitative estimate of drug-likeness (QED) is 0.671. The van der Waals surface area contributed by atoms with E-state index in [4.69, 9.17) is 29.0 Å². The number of hydrogen-bond acceptors (Lipinski definition) is 4. The Balaban J connectivity index is 2.22. The number of nitrogens with two attached hydrogens (primary N) is 1. The molecule has 0 amide bonds. The zero-order chi connectivity index (χ0) is 13.1. The minimum Gasteiger partial charge on any atom is -0.271 e. The molecule has 0 fully saturated rings. The van der Waals surface area contributed by atoms with Gasteiger partial charge in [-0.25, -0.2) is 4.98 Å². The smallest absolute Gasteiger partial charge is 0.0897 e. The predicted molar refractivity (Wildman–Crippen MR) is 77.1 cm³/mol. The standard InChI is InChI=1S/C12H13Cl2N3S/c1-7-16-6-12(18-7)11(17-15)5-8-4-9(13)2-3-10(8)14/h2-4,6,11,17H,5,15H2,1H3. The van der Waals surface area contributed by atoms with Gasteiger partial charge in [-0.2, -0.15) is 0 Å². The average molecular weight is 302 g/mol. The Hall–Kier alpha value is -0.650. The molecule has 0 bridgehead atoms. The summed E-state index contributed by atoms with van der Waals surface area (Å²) in [6.45, 7) is 1.97. The Morgan fingerprint density at radius 2 is 2.22 bits per heavy atom. The summed E-state index contributed by atoms with van der Waals surface area (Å²) < 4.78 is 0. The van der Waals surface area contributed by atoms with Gasteiger partial charge in [0, 0.05) is 21.1 Å². The third kappa shape index (κ3) is 3.22. The van der Waals surface area contributed by atoms with Crippen LogP contribution >= 0.6 is 34.5 Å². The summed E-state index contributed by atoms with van der Waals surface area (Å²) in [4.78, 5) is 5.32. The second-order valence-electron chi connectivity index (χ2n) is 3.94. The van der Waals surface area contributed by atoms with Gasteiger partial charge in [-0.05, 0) is 37.1 Å². The molecule has 1 aromatic carbocycles. The molecule has 18 heavy (non-hydrogen) atoms. The van der Waals surface area contributed by atoms with E-state index in [-0.39, 0.29) is 6.04 Å². The molecule has 0 spiro atoms. The van der Waals surface area contributed by atoms with E-state index >= 15 is 0 Å². The molecule has 3 nitrogen and oxygen atoms in total. The number of thiazole rings is 1. The van der Waals surface area contributed by atoms with Crippen molar-refractivity contribution in [1.82, 2.24) is 10.4 Å². The SMILES string of the molecule is Cc1ncc(C(Cc2cc(Cl)ccc2Cl)NN)s1. The van der Waals surface area contributed by atoms with E-state index in [1.165, 1.54) is 0 Å². The highest BCUT2D eigenvalue weighted by Gasteiger charge is 2.15. The second-order valence-corrected chi connectivity index (χ2v) is 6.05. The van der Waals surface area contributed by atoms with Crippen molar-refractivity contribution >= 4 is 34.5 Å². The van der Waals surface area contributed by atoms with Crippen LogP contribution in [0.15, 0.2) is 24.4 Å². The molecule has 0 aliphatic carbocycles. The van der Waals surface area contributed by atoms with E-state index in [1.54, 1.807) is 23.5 Å². The minimum absolute atomic E-state index is 0.00725. The van der Waals surface area contributed by atoms with Crippen LogP contribution in [-0.4, -0.2) is 4.98 Å². The fraction of sp³-hybridized carbons (Fsp3) is 0.250. The largest absolute Gasteiger partial charge is 0.271 e. The maximum Gasteiger partial charge on any atom is 0.0897 e. The van der Waals surface area contributed by atoms with Crippen molar-refractivity contribution in [2.45, 2.75) is 19.4 Å². The number of halogens is 2. The van der Waals surface area contributed by atoms with Crippen molar-refractivity contribution < 1.29 is 0 Å². The summed E-state index contributed by atoms with van der Waals surface area (Å²) in [5.41, 5.74) is 3.77. The molecule has 6 heteroatoms. The normalized spacial score (nSPS) is 12.7. The molecule has 2 rings (SSSR count). The van der Waals surface area contributed by atoms with Crippen molar-refractivity contribution in [3.63, 3.8) is 0 Å². The second kappa shape index (κ2) is 5.99. The van der Waals surface area contributed by atoms with Crippen LogP contribution in [0.4, 0.5) is 0 Å². The lowest BCUT2D eigenvalue weighted by atomic mass is 10.1. The Bertz CT molecular complexity index is 542. The summed E-state index contributed by atoms with van der Waals surface area (Å²) in [6, 6.07) is 5.43. The summed E-state index contributed by atoms with van der Waals surface area (Å²) >= 11 is 13.7. The van der Waals surface area contributed by atoms with E-state index in [0.717, 1.165) is 15.4 Å². The van der Waals surface area contributed by atoms with Crippen molar-refractivity contribution in [2.24, 2.45) is 5.84 Å². The van der Waals surface area contributed by atoms with E-state index < -0.39 is 0 Å². The summed E-state index contributed by atoms with van der Waals surface area (Å²) in [5.74, 6) is 5.60. The molecule has 2 aromatic rings. The fourth-order valence-electron chi connectivity index (χ4n) is 1.70. The molecular weight excluding hydrogens is 289 g/mol. The van der Waals surface area contributed by atoms with Crippen LogP contribution in [0, 0.1) is 6.92 Å². The van der Waals surface area contributed by atoms with Crippen molar-refractivity contribution in [3.8, 4) is 0 Å². The van der Waals surface area contributed by atoms with Crippen LogP contribution in [0.5, 0.6) is 0 Å². The van der Waals surface area contributed by atoms with E-state index in [1.807, 2.05) is 19.2 Å². The third-order valence-corrected chi connectivity index (χ3v) is 4.25. The first-order chi connectivity index (χ1) is 8.60. The van der Waals surface area contributed by atoms with Crippen LogP contribution < -0.4 is 11.3 Å². The molecule has 0 aliphatic heterocycles. The van der Waals surface area contributed by atoms with Gasteiger partial charge in [0.1, 0.15) is 0 Å². The monoisotopic (exact) mass is 301 g/mol. The molecule has 96 valence electrons. The van der Waals surface area contributed by atoms with Gasteiger partial charge in [0.25, 0.3) is 0 Å². The van der Waals surface area contributed by atoms with Crippen LogP contribution in [0.25, 0.3) is 0 Å². The van der Waals surface area contributed by atoms with Gasteiger partial charge in [0.05, 0.1) is 11.0 Å². The van der Waals surface area contributed by atoms with Crippen LogP contribution in [0.2, 0.25) is 10.0 Å². The molecule has 0 aliphatic rings. The highest BCUT2D eigenvalue weighted by molar-refractivity contribution is 7.11. The van der Waals surface area contributed by atoms with Gasteiger partial charge in [0.15, 0.2) is 0 Å². The van der Waals surface area contributed by atoms with Crippen LogP contribution in [0.3, 0.4) is 0 Å². The lowest BCUT2D eigenvalue weighted by Crippen LogP contribution is -2.29. The molecule has 1 aromatic heterocycles. The zero-order valence-electron chi connectivity index (χ0n) is 9.78. The zero-order valence-corrected chi connectivity index (χ0v) is 12.1. The molecule has 1 heterocycles. The van der Waals surface area contributed by atoms with Crippen molar-refractivity contribution in [2.75, 3.05) is 0 Å². The molecule has 0 saturated carbocycles. The molecule has 1 atom stereocenters. The number of aryl methyl sites for hydroxylation is 1. The number of hydrogen-bond donors (Lipinski definition) is 2. The Labute approximate surface area is 120 Å². The number of benzene rings is 1. The number of nitrogens with zero attached hydrogens (tertiary/aromatic N) is 1. The third-order valence-electron chi connectivity index (χ3n) is 2.62. The van der Waals surface area contributed by atoms with Gasteiger partial charge < -0.3 is 0 Å². The first-order valence-electron chi connectivity index (χ1n) is 5.42. The summed E-state index contributed by atoms with van der Waals surface area (Å²) in [5, 5.41) is 2.38. The van der Waals surface area contributed by atoms with Crippen molar-refractivity contribution in [1.29, 1.82) is 0 Å². The Morgan fingerprint density at radius 3 is 2.83 bits per heavy atom. The number of rotatable bonds is 4. The topological polar surface area (TPSA) is 50.9 Å². The Morgan fingerprint density at radius 1 is 1.44 bits per heavy atom. The van der Waals surface area contributed by atoms with E-state index in [2.05, 4.69) is 10.4 Å². The Kier molecular flexibility index (Phi) is 4.59. The van der Waals surface area contributed by atoms with Crippen LogP contribution in [0.1, 0.15) is 21.5 Å². The molecule has 1 unspecified atom stereocenters. The first-order valence-corrected chi connectivity index (χ1v) is 6.99. The maximum absolute atomic E-state index is 6.15. The maximum atomic E-state index is 6.15. The molecular formula is C12H13Cl2N3S. The minimum atomic E-state index is -0.00725. The van der Waals surface area contributed by atoms with E-state index in [9.17, 15) is 0 Å². The lowest BCUT2D eigenvalue weighted by molar-refractivity contribution is 0.560. The van der Waals surface area contributed by atoms with Gasteiger partial charge in [-0.15, -0.1) is 11.3 Å². The van der Waals surface area contributed by atoms with Gasteiger partial charge >= 0.3 is 0 Å². The molecule has 0 saturated heterocycles. The number of nitrogens with one attached hydrogen (secondary N) is 1. The number of aromatic nitrogens is 1. The first kappa shape index (κ1) is 13.8. The molecule has 0 radical (unpaired) electrons. The van der Waals surface area contributed by atoms with Crippen molar-refractivity contribution in [3.05, 3.63) is 49.9 Å². The van der Waals surface area contributed by atoms with Gasteiger partial charge in [-0.3, -0.25) is 11.3 Å². The van der Waals surface area contributed by atoms with Gasteiger partial charge in [0.2, 0.25) is 0 Å². The lowest BCUT2D eigenvalue weighted by Gasteiger charge is -2.14. The average Bonchev–Trinajstić information content (AvgIpc) is 2.77. The summed E-state index contributed by atoms with van der Waals surface area (Å²) in [6.07, 6.45) is 2.51. The van der Waals surface area contributed by atoms with Crippen LogP contribution in [-0.2, 0) is 6.42 Å². The molecule has 3 N–H and O–H groups in total. The highest BCUT2D eigenvalue weighted by atomic mass is 35.5. The summed E-state index contributed by atoms with van der Waals surface area (Å²) in [7, 11) is 0. The van der Waals surface area contributed by atoms with E-state index in [0.29, 0.717) is 16.5 Å². The fourth-order valence-corrected chi connectivity index (χ4v) is 2.94. The van der Waals surface area contributed by atoms with Gasteiger partial charge in [-0.1, -0.05) is 23.2 Å². The highest BCUT2D eigenvalue weighted by Crippen LogP contribution is 2.28. The predicted octanol–water partition coefficient (Wildman–Crippen LogP) is 3.51.